The topological polar surface area (TPSA) is 56.0 Å². The van der Waals surface area contributed by atoms with Crippen LogP contribution >= 0.6 is 11.6 Å². The van der Waals surface area contributed by atoms with Gasteiger partial charge in [0.2, 0.25) is 0 Å². The molecule has 0 saturated carbocycles. The van der Waals surface area contributed by atoms with Gasteiger partial charge in [0.05, 0.1) is 11.9 Å². The molecule has 0 bridgehead atoms. The molecule has 0 saturated heterocycles. The van der Waals surface area contributed by atoms with Crippen LogP contribution in [0.5, 0.6) is 0 Å². The van der Waals surface area contributed by atoms with E-state index in [2.05, 4.69) is 20.2 Å². The molecule has 96 valence electrons. The lowest BCUT2D eigenvalue weighted by Gasteiger charge is -2.07. The van der Waals surface area contributed by atoms with Crippen LogP contribution in [0.25, 0.3) is 17.0 Å². The quantitative estimate of drug-likeness (QED) is 0.686. The molecule has 0 aliphatic carbocycles. The van der Waals surface area contributed by atoms with Crippen LogP contribution in [0.15, 0.2) is 18.5 Å². The number of aromatic nitrogens is 5. The lowest BCUT2D eigenvalue weighted by molar-refractivity contribution is 0.621. The van der Waals surface area contributed by atoms with Crippen LogP contribution in [0.3, 0.4) is 0 Å². The van der Waals surface area contributed by atoms with Gasteiger partial charge in [-0.1, -0.05) is 11.6 Å². The third-order valence-electron chi connectivity index (χ3n) is 2.94. The van der Waals surface area contributed by atoms with Crippen LogP contribution in [0, 0.1) is 19.7 Å². The lowest BCUT2D eigenvalue weighted by atomic mass is 10.2. The average Bonchev–Trinajstić information content (AvgIpc) is 2.81. The first-order chi connectivity index (χ1) is 9.08. The van der Waals surface area contributed by atoms with Gasteiger partial charge in [-0.15, -0.1) is 10.2 Å². The molecule has 5 nitrogen and oxygen atoms in total. The zero-order valence-corrected chi connectivity index (χ0v) is 11.0. The molecule has 3 heterocycles. The number of rotatable bonds is 1. The predicted octanol–water partition coefficient (Wildman–Crippen LogP) is 2.60. The highest BCUT2D eigenvalue weighted by molar-refractivity contribution is 6.32. The summed E-state index contributed by atoms with van der Waals surface area (Å²) < 4.78 is 15.0. The van der Waals surface area contributed by atoms with Crippen LogP contribution in [0.4, 0.5) is 4.39 Å². The van der Waals surface area contributed by atoms with Crippen molar-refractivity contribution in [1.29, 1.82) is 0 Å². The van der Waals surface area contributed by atoms with Gasteiger partial charge in [0.1, 0.15) is 5.82 Å². The largest absolute Gasteiger partial charge is 0.275 e. The third-order valence-corrected chi connectivity index (χ3v) is 3.19. The van der Waals surface area contributed by atoms with Gasteiger partial charge in [-0.2, -0.15) is 0 Å². The Morgan fingerprint density at radius 1 is 1.21 bits per heavy atom. The highest BCUT2D eigenvalue weighted by atomic mass is 35.5. The van der Waals surface area contributed by atoms with E-state index >= 15 is 0 Å². The Kier molecular flexibility index (Phi) is 2.67. The molecule has 0 aliphatic heterocycles. The van der Waals surface area contributed by atoms with Crippen LogP contribution in [0.1, 0.15) is 11.4 Å². The Balaban J connectivity index is 2.37. The molecule has 7 heteroatoms. The van der Waals surface area contributed by atoms with Crippen molar-refractivity contribution in [3.05, 3.63) is 40.8 Å². The summed E-state index contributed by atoms with van der Waals surface area (Å²) in [6.45, 7) is 3.72. The SMILES string of the molecule is Cc1nc(Cl)c2nnc(-c3cncc(F)c3)n2c1C. The third kappa shape index (κ3) is 1.84. The van der Waals surface area contributed by atoms with E-state index in [-0.39, 0.29) is 5.15 Å². The molecule has 0 unspecified atom stereocenters. The molecule has 3 rings (SSSR count). The molecule has 19 heavy (non-hydrogen) atoms. The Labute approximate surface area is 113 Å². The monoisotopic (exact) mass is 277 g/mol. The smallest absolute Gasteiger partial charge is 0.199 e. The van der Waals surface area contributed by atoms with E-state index in [1.807, 2.05) is 13.8 Å². The second kappa shape index (κ2) is 4.24. The van der Waals surface area contributed by atoms with E-state index in [9.17, 15) is 4.39 Å². The van der Waals surface area contributed by atoms with Crippen LogP contribution in [-0.2, 0) is 0 Å². The van der Waals surface area contributed by atoms with E-state index < -0.39 is 5.82 Å². The van der Waals surface area contributed by atoms with E-state index in [0.29, 0.717) is 17.0 Å². The number of aryl methyl sites for hydroxylation is 2. The summed E-state index contributed by atoms with van der Waals surface area (Å²) in [5.74, 6) is 0.0654. The highest BCUT2D eigenvalue weighted by Gasteiger charge is 2.15. The van der Waals surface area contributed by atoms with Crippen molar-refractivity contribution < 1.29 is 4.39 Å². The number of halogens is 2. The van der Waals surface area contributed by atoms with Crippen molar-refractivity contribution in [3.63, 3.8) is 0 Å². The van der Waals surface area contributed by atoms with Crippen molar-refractivity contribution in [2.75, 3.05) is 0 Å². The first-order valence-electron chi connectivity index (χ1n) is 5.56. The van der Waals surface area contributed by atoms with Gasteiger partial charge in [0.25, 0.3) is 0 Å². The van der Waals surface area contributed by atoms with Gasteiger partial charge in [-0.25, -0.2) is 9.37 Å². The van der Waals surface area contributed by atoms with Gasteiger partial charge >= 0.3 is 0 Å². The van der Waals surface area contributed by atoms with E-state index in [0.717, 1.165) is 17.6 Å². The summed E-state index contributed by atoms with van der Waals surface area (Å²) in [6, 6.07) is 1.35. The van der Waals surface area contributed by atoms with Crippen molar-refractivity contribution in [2.45, 2.75) is 13.8 Å². The summed E-state index contributed by atoms with van der Waals surface area (Å²) in [7, 11) is 0. The van der Waals surface area contributed by atoms with Crippen molar-refractivity contribution in [3.8, 4) is 11.4 Å². The van der Waals surface area contributed by atoms with Gasteiger partial charge in [-0.3, -0.25) is 9.38 Å². The average molecular weight is 278 g/mol. The number of fused-ring (bicyclic) bond motifs is 1. The number of hydrogen-bond acceptors (Lipinski definition) is 4. The molecule has 0 spiro atoms. The summed E-state index contributed by atoms with van der Waals surface area (Å²) >= 11 is 6.04. The maximum atomic E-state index is 13.3. The molecule has 0 aromatic carbocycles. The normalized spacial score (nSPS) is 11.2. The molecule has 0 atom stereocenters. The first kappa shape index (κ1) is 12.0. The highest BCUT2D eigenvalue weighted by Crippen LogP contribution is 2.24. The van der Waals surface area contributed by atoms with Gasteiger partial charge in [0.15, 0.2) is 16.6 Å². The molecule has 0 amide bonds. The van der Waals surface area contributed by atoms with Gasteiger partial charge < -0.3 is 0 Å². The molecule has 0 fully saturated rings. The minimum atomic E-state index is -0.427. The van der Waals surface area contributed by atoms with Crippen molar-refractivity contribution in [1.82, 2.24) is 24.6 Å². The molecular weight excluding hydrogens is 269 g/mol. The van der Waals surface area contributed by atoms with Gasteiger partial charge in [-0.05, 0) is 19.9 Å². The molecular formula is C12H9ClFN5. The second-order valence-corrected chi connectivity index (χ2v) is 4.51. The van der Waals surface area contributed by atoms with E-state index in [1.165, 1.54) is 12.3 Å². The Hall–Kier alpha value is -2.08. The fraction of sp³-hybridized carbons (Fsp3) is 0.167. The number of pyridine rings is 1. The lowest BCUT2D eigenvalue weighted by Crippen LogP contribution is -2.01. The van der Waals surface area contributed by atoms with Crippen LogP contribution in [-0.4, -0.2) is 24.6 Å². The van der Waals surface area contributed by atoms with Crippen molar-refractivity contribution >= 4 is 17.2 Å². The first-order valence-corrected chi connectivity index (χ1v) is 5.94. The molecule has 3 aromatic rings. The maximum absolute atomic E-state index is 13.3. The summed E-state index contributed by atoms with van der Waals surface area (Å²) in [4.78, 5) is 8.00. The Morgan fingerprint density at radius 2 is 2.00 bits per heavy atom. The second-order valence-electron chi connectivity index (χ2n) is 4.15. The van der Waals surface area contributed by atoms with Crippen LogP contribution in [0.2, 0.25) is 5.15 Å². The summed E-state index contributed by atoms with van der Waals surface area (Å²) in [5.41, 5.74) is 2.60. The zero-order valence-electron chi connectivity index (χ0n) is 10.2. The molecule has 3 aromatic heterocycles. The fourth-order valence-electron chi connectivity index (χ4n) is 1.90. The summed E-state index contributed by atoms with van der Waals surface area (Å²) in [5, 5.41) is 8.32. The molecule has 0 radical (unpaired) electrons. The van der Waals surface area contributed by atoms with Gasteiger partial charge in [0, 0.05) is 17.5 Å². The zero-order chi connectivity index (χ0) is 13.6. The minimum Gasteiger partial charge on any atom is -0.275 e. The standard InChI is InChI=1S/C12H9ClFN5/c1-6-7(2)19-11(8-3-9(14)5-15-4-8)17-18-12(19)10(13)16-6/h3-5H,1-2H3. The molecule has 0 aliphatic rings. The Morgan fingerprint density at radius 3 is 2.74 bits per heavy atom. The molecule has 0 N–H and O–H groups in total. The van der Waals surface area contributed by atoms with E-state index in [1.54, 1.807) is 4.40 Å². The van der Waals surface area contributed by atoms with Crippen molar-refractivity contribution in [2.24, 2.45) is 0 Å². The van der Waals surface area contributed by atoms with E-state index in [4.69, 9.17) is 11.6 Å². The van der Waals surface area contributed by atoms with Crippen LogP contribution < -0.4 is 0 Å². The fourth-order valence-corrected chi connectivity index (χ4v) is 2.15. The maximum Gasteiger partial charge on any atom is 0.199 e. The number of nitrogens with zero attached hydrogens (tertiary/aromatic N) is 5. The predicted molar refractivity (Wildman–Crippen MR) is 68.5 cm³/mol. The summed E-state index contributed by atoms with van der Waals surface area (Å²) in [6.07, 6.45) is 2.67. The Bertz CT molecular complexity index is 783. The number of hydrogen-bond donors (Lipinski definition) is 0. The minimum absolute atomic E-state index is 0.270.